The lowest BCUT2D eigenvalue weighted by atomic mass is 9.74. The summed E-state index contributed by atoms with van der Waals surface area (Å²) in [7, 11) is 3.32. The maximum absolute atomic E-state index is 13.0. The SMILES string of the molecule is CCc1ncc(OC)c(NC2NNC3CC([C@@H]4C[C@@]45C(=O)Nc4ccc(OC)cc45)CCC32)n1. The summed E-state index contributed by atoms with van der Waals surface area (Å²) in [5.41, 5.74) is 8.64. The Labute approximate surface area is 199 Å². The predicted molar refractivity (Wildman–Crippen MR) is 128 cm³/mol. The van der Waals surface area contributed by atoms with E-state index in [-0.39, 0.29) is 17.5 Å². The third-order valence-electron chi connectivity index (χ3n) is 8.37. The summed E-state index contributed by atoms with van der Waals surface area (Å²) in [6.45, 7) is 2.04. The van der Waals surface area contributed by atoms with Gasteiger partial charge in [0, 0.05) is 24.1 Å². The smallest absolute Gasteiger partial charge is 0.235 e. The van der Waals surface area contributed by atoms with Crippen LogP contribution in [0.3, 0.4) is 0 Å². The quantitative estimate of drug-likeness (QED) is 0.517. The number of amides is 1. The molecule has 2 aliphatic carbocycles. The molecule has 2 aliphatic heterocycles. The summed E-state index contributed by atoms with van der Waals surface area (Å²) in [6, 6.07) is 6.28. The molecule has 180 valence electrons. The molecular formula is C25H32N6O3. The number of ether oxygens (including phenoxy) is 2. The van der Waals surface area contributed by atoms with Crippen molar-refractivity contribution in [3.8, 4) is 11.5 Å². The molecule has 2 aromatic rings. The Balaban J connectivity index is 1.16. The second-order valence-electron chi connectivity index (χ2n) is 9.96. The maximum atomic E-state index is 13.0. The minimum absolute atomic E-state index is 0.0624. The Morgan fingerprint density at radius 2 is 2.09 bits per heavy atom. The van der Waals surface area contributed by atoms with Gasteiger partial charge in [0.15, 0.2) is 11.6 Å². The number of anilines is 2. The summed E-state index contributed by atoms with van der Waals surface area (Å²) < 4.78 is 10.9. The number of hydrazine groups is 1. The Morgan fingerprint density at radius 1 is 1.21 bits per heavy atom. The first-order chi connectivity index (χ1) is 16.6. The number of benzene rings is 1. The molecule has 0 radical (unpaired) electrons. The van der Waals surface area contributed by atoms with Gasteiger partial charge in [0.25, 0.3) is 0 Å². The van der Waals surface area contributed by atoms with E-state index in [0.29, 0.717) is 29.5 Å². The molecule has 4 aliphatic rings. The number of nitrogens with zero attached hydrogens (tertiary/aromatic N) is 2. The molecule has 1 aromatic heterocycles. The molecule has 1 saturated heterocycles. The zero-order chi connectivity index (χ0) is 23.4. The topological polar surface area (TPSA) is 109 Å². The molecule has 34 heavy (non-hydrogen) atoms. The van der Waals surface area contributed by atoms with Gasteiger partial charge < -0.3 is 20.1 Å². The van der Waals surface area contributed by atoms with Gasteiger partial charge in [0.05, 0.1) is 32.0 Å². The lowest BCUT2D eigenvalue weighted by Gasteiger charge is -2.34. The van der Waals surface area contributed by atoms with E-state index >= 15 is 0 Å². The van der Waals surface area contributed by atoms with Crippen LogP contribution in [0.15, 0.2) is 24.4 Å². The van der Waals surface area contributed by atoms with E-state index in [4.69, 9.17) is 9.47 Å². The van der Waals surface area contributed by atoms with Crippen molar-refractivity contribution in [1.29, 1.82) is 0 Å². The predicted octanol–water partition coefficient (Wildman–Crippen LogP) is 2.60. The summed E-state index contributed by atoms with van der Waals surface area (Å²) >= 11 is 0. The molecule has 3 heterocycles. The van der Waals surface area contributed by atoms with E-state index in [2.05, 4.69) is 31.5 Å². The van der Waals surface area contributed by atoms with E-state index < -0.39 is 0 Å². The van der Waals surface area contributed by atoms with Crippen molar-refractivity contribution in [2.75, 3.05) is 24.9 Å². The van der Waals surface area contributed by atoms with Gasteiger partial charge in [0.1, 0.15) is 11.6 Å². The van der Waals surface area contributed by atoms with Gasteiger partial charge in [-0.2, -0.15) is 0 Å². The van der Waals surface area contributed by atoms with Crippen molar-refractivity contribution in [2.24, 2.45) is 17.8 Å². The maximum Gasteiger partial charge on any atom is 0.235 e. The number of aromatic nitrogens is 2. The molecule has 9 nitrogen and oxygen atoms in total. The van der Waals surface area contributed by atoms with Crippen LogP contribution in [0.2, 0.25) is 0 Å². The first kappa shape index (κ1) is 21.6. The molecule has 0 bridgehead atoms. The van der Waals surface area contributed by atoms with Gasteiger partial charge in [-0.3, -0.25) is 10.2 Å². The van der Waals surface area contributed by atoms with Crippen molar-refractivity contribution in [2.45, 2.75) is 56.7 Å². The Morgan fingerprint density at radius 3 is 2.88 bits per heavy atom. The molecule has 6 atom stereocenters. The fraction of sp³-hybridized carbons (Fsp3) is 0.560. The fourth-order valence-electron chi connectivity index (χ4n) is 6.49. The summed E-state index contributed by atoms with van der Waals surface area (Å²) in [4.78, 5) is 22.0. The lowest BCUT2D eigenvalue weighted by molar-refractivity contribution is -0.118. The van der Waals surface area contributed by atoms with E-state index in [1.807, 2.05) is 25.1 Å². The van der Waals surface area contributed by atoms with E-state index in [0.717, 1.165) is 60.7 Å². The Bertz CT molecular complexity index is 1130. The van der Waals surface area contributed by atoms with Crippen LogP contribution in [0.1, 0.15) is 44.0 Å². The van der Waals surface area contributed by atoms with Crippen molar-refractivity contribution < 1.29 is 14.3 Å². The zero-order valence-electron chi connectivity index (χ0n) is 19.9. The van der Waals surface area contributed by atoms with Crippen molar-refractivity contribution in [1.82, 2.24) is 20.8 Å². The summed E-state index contributed by atoms with van der Waals surface area (Å²) in [6.07, 6.45) is 6.74. The highest BCUT2D eigenvalue weighted by Crippen LogP contribution is 2.65. The average Bonchev–Trinajstić information content (AvgIpc) is 3.42. The highest BCUT2D eigenvalue weighted by molar-refractivity contribution is 6.09. The molecule has 4 unspecified atom stereocenters. The lowest BCUT2D eigenvalue weighted by Crippen LogP contribution is -2.39. The van der Waals surface area contributed by atoms with Crippen LogP contribution >= 0.6 is 0 Å². The van der Waals surface area contributed by atoms with Crippen LogP contribution in [-0.4, -0.2) is 42.3 Å². The molecular weight excluding hydrogens is 432 g/mol. The molecule has 1 spiro atoms. The number of carbonyl (C=O) groups excluding carboxylic acids is 1. The highest BCUT2D eigenvalue weighted by atomic mass is 16.5. The number of methoxy groups -OCH3 is 2. The van der Waals surface area contributed by atoms with Gasteiger partial charge in [0.2, 0.25) is 5.91 Å². The molecule has 1 aromatic carbocycles. The van der Waals surface area contributed by atoms with Crippen molar-refractivity contribution in [3.63, 3.8) is 0 Å². The number of hydrogen-bond acceptors (Lipinski definition) is 8. The monoisotopic (exact) mass is 464 g/mol. The number of aryl methyl sites for hydroxylation is 1. The fourth-order valence-corrected chi connectivity index (χ4v) is 6.49. The molecule has 9 heteroatoms. The normalized spacial score (nSPS) is 33.3. The third kappa shape index (κ3) is 3.25. The van der Waals surface area contributed by atoms with Crippen LogP contribution in [0, 0.1) is 17.8 Å². The van der Waals surface area contributed by atoms with Crippen LogP contribution < -0.4 is 31.0 Å². The summed E-state index contributed by atoms with van der Waals surface area (Å²) in [5, 5.41) is 6.66. The van der Waals surface area contributed by atoms with E-state index in [9.17, 15) is 4.79 Å². The molecule has 3 fully saturated rings. The van der Waals surface area contributed by atoms with Crippen LogP contribution in [0.25, 0.3) is 0 Å². The van der Waals surface area contributed by atoms with Crippen molar-refractivity contribution >= 4 is 17.4 Å². The molecule has 2 saturated carbocycles. The number of nitrogens with one attached hydrogen (secondary N) is 4. The van der Waals surface area contributed by atoms with Crippen LogP contribution in [0.5, 0.6) is 11.5 Å². The van der Waals surface area contributed by atoms with Gasteiger partial charge in [-0.1, -0.05) is 6.92 Å². The first-order valence-electron chi connectivity index (χ1n) is 12.2. The third-order valence-corrected chi connectivity index (χ3v) is 8.37. The highest BCUT2D eigenvalue weighted by Gasteiger charge is 2.67. The minimum Gasteiger partial charge on any atom is -0.497 e. The van der Waals surface area contributed by atoms with Gasteiger partial charge in [-0.05, 0) is 61.3 Å². The Hall–Kier alpha value is -2.91. The Kier molecular flexibility index (Phi) is 5.14. The molecule has 1 amide bonds. The zero-order valence-corrected chi connectivity index (χ0v) is 19.9. The number of fused-ring (bicyclic) bond motifs is 3. The minimum atomic E-state index is -0.379. The summed E-state index contributed by atoms with van der Waals surface area (Å²) in [5.74, 6) is 4.46. The molecule has 6 rings (SSSR count). The van der Waals surface area contributed by atoms with Crippen LogP contribution in [-0.2, 0) is 16.6 Å². The number of carbonyl (C=O) groups is 1. The van der Waals surface area contributed by atoms with E-state index in [1.54, 1.807) is 20.4 Å². The van der Waals surface area contributed by atoms with Gasteiger partial charge >= 0.3 is 0 Å². The van der Waals surface area contributed by atoms with E-state index in [1.165, 1.54) is 0 Å². The number of hydrogen-bond donors (Lipinski definition) is 4. The standard InChI is InChI=1S/C25H32N6O3/c1-4-21-26-12-20(34-3)23(28-21)29-22-15-7-5-13(9-19(15)30-31-22)17-11-25(17)16-10-14(33-2)6-8-18(16)27-24(25)32/h6,8,10,12-13,15,17,19,22,30-31H,4-5,7,9,11H2,1-3H3,(H,27,32)(H,26,28,29)/t13?,15?,17-,19?,22?,25-/m0/s1. The first-order valence-corrected chi connectivity index (χ1v) is 12.2. The van der Waals surface area contributed by atoms with Crippen LogP contribution in [0.4, 0.5) is 11.5 Å². The average molecular weight is 465 g/mol. The van der Waals surface area contributed by atoms with Gasteiger partial charge in [-0.15, -0.1) is 0 Å². The largest absolute Gasteiger partial charge is 0.497 e. The number of rotatable bonds is 6. The second kappa shape index (κ2) is 8.09. The van der Waals surface area contributed by atoms with Gasteiger partial charge in [-0.25, -0.2) is 15.4 Å². The molecule has 4 N–H and O–H groups in total. The van der Waals surface area contributed by atoms with Crippen molar-refractivity contribution in [3.05, 3.63) is 35.8 Å². The second-order valence-corrected chi connectivity index (χ2v) is 9.96.